The number of rotatable bonds is 7. The molecule has 0 radical (unpaired) electrons. The van der Waals surface area contributed by atoms with Crippen molar-refractivity contribution < 1.29 is 0 Å². The van der Waals surface area contributed by atoms with Gasteiger partial charge in [0, 0.05) is 23.7 Å². The van der Waals surface area contributed by atoms with Gasteiger partial charge < -0.3 is 5.32 Å². The highest BCUT2D eigenvalue weighted by molar-refractivity contribution is 7.11. The second kappa shape index (κ2) is 7.41. The fraction of sp³-hybridized carbons (Fsp3) is 0.438. The minimum absolute atomic E-state index is 0.436. The second-order valence-corrected chi connectivity index (χ2v) is 6.17. The molecule has 1 unspecified atom stereocenters. The highest BCUT2D eigenvalue weighted by Crippen LogP contribution is 2.20. The molecule has 1 heterocycles. The molecule has 0 amide bonds. The lowest BCUT2D eigenvalue weighted by Gasteiger charge is -2.18. The van der Waals surface area contributed by atoms with Crippen LogP contribution in [0.5, 0.6) is 0 Å². The van der Waals surface area contributed by atoms with Crippen LogP contribution >= 0.6 is 11.3 Å². The number of hydrogen-bond donors (Lipinski definition) is 1. The molecule has 0 bridgehead atoms. The first-order valence-corrected chi connectivity index (χ1v) is 7.81. The van der Waals surface area contributed by atoms with Crippen LogP contribution in [0.2, 0.25) is 0 Å². The van der Waals surface area contributed by atoms with E-state index in [1.807, 2.05) is 6.20 Å². The van der Waals surface area contributed by atoms with Crippen molar-refractivity contribution in [3.8, 4) is 0 Å². The van der Waals surface area contributed by atoms with E-state index in [1.165, 1.54) is 34.7 Å². The first-order valence-electron chi connectivity index (χ1n) is 6.99. The number of unbranched alkanes of at least 4 members (excludes halogenated alkanes) is 1. The summed E-state index contributed by atoms with van der Waals surface area (Å²) in [5, 5.41) is 4.82. The SMILES string of the molecule is CCCCC(NCc1ncc(C)s1)c1ccccc1. The molecule has 0 aliphatic rings. The molecule has 0 saturated heterocycles. The van der Waals surface area contributed by atoms with Gasteiger partial charge in [-0.1, -0.05) is 50.1 Å². The molecule has 1 aromatic carbocycles. The van der Waals surface area contributed by atoms with E-state index in [4.69, 9.17) is 0 Å². The van der Waals surface area contributed by atoms with E-state index < -0.39 is 0 Å². The molecule has 1 N–H and O–H groups in total. The summed E-state index contributed by atoms with van der Waals surface area (Å²) in [6.45, 7) is 5.21. The Kier molecular flexibility index (Phi) is 5.55. The van der Waals surface area contributed by atoms with Gasteiger partial charge in [0.05, 0.1) is 0 Å². The van der Waals surface area contributed by atoms with Crippen LogP contribution in [0, 0.1) is 6.92 Å². The molecular weight excluding hydrogens is 252 g/mol. The molecular formula is C16H22N2S. The standard InChI is InChI=1S/C16H22N2S/c1-3-4-10-15(14-8-6-5-7-9-14)17-12-16-18-11-13(2)19-16/h5-9,11,15,17H,3-4,10,12H2,1-2H3. The van der Waals surface area contributed by atoms with Crippen molar-refractivity contribution in [2.75, 3.05) is 0 Å². The third-order valence-corrected chi connectivity index (χ3v) is 4.13. The zero-order valence-electron chi connectivity index (χ0n) is 11.7. The van der Waals surface area contributed by atoms with Crippen molar-refractivity contribution in [2.24, 2.45) is 0 Å². The lowest BCUT2D eigenvalue weighted by Crippen LogP contribution is -2.20. The van der Waals surface area contributed by atoms with Gasteiger partial charge in [-0.05, 0) is 18.9 Å². The number of thiazole rings is 1. The lowest BCUT2D eigenvalue weighted by atomic mass is 10.0. The van der Waals surface area contributed by atoms with E-state index in [0.29, 0.717) is 6.04 Å². The van der Waals surface area contributed by atoms with Crippen molar-refractivity contribution in [1.29, 1.82) is 0 Å². The fourth-order valence-electron chi connectivity index (χ4n) is 2.17. The van der Waals surface area contributed by atoms with Crippen molar-refractivity contribution in [2.45, 2.75) is 45.7 Å². The number of nitrogens with one attached hydrogen (secondary N) is 1. The van der Waals surface area contributed by atoms with Gasteiger partial charge in [-0.3, -0.25) is 0 Å². The Bertz CT molecular complexity index is 479. The fourth-order valence-corrected chi connectivity index (χ4v) is 2.91. The summed E-state index contributed by atoms with van der Waals surface area (Å²) in [6.07, 6.45) is 5.63. The van der Waals surface area contributed by atoms with Crippen LogP contribution in [0.15, 0.2) is 36.5 Å². The average Bonchev–Trinajstić information content (AvgIpc) is 2.86. The summed E-state index contributed by atoms with van der Waals surface area (Å²) in [5.41, 5.74) is 1.38. The predicted molar refractivity (Wildman–Crippen MR) is 82.4 cm³/mol. The summed E-state index contributed by atoms with van der Waals surface area (Å²) in [6, 6.07) is 11.2. The van der Waals surface area contributed by atoms with Gasteiger partial charge in [0.25, 0.3) is 0 Å². The van der Waals surface area contributed by atoms with Crippen LogP contribution < -0.4 is 5.32 Å². The van der Waals surface area contributed by atoms with Crippen LogP contribution in [0.25, 0.3) is 0 Å². The molecule has 2 nitrogen and oxygen atoms in total. The van der Waals surface area contributed by atoms with Gasteiger partial charge in [-0.15, -0.1) is 11.3 Å². The largest absolute Gasteiger partial charge is 0.304 e. The van der Waals surface area contributed by atoms with Gasteiger partial charge in [0.15, 0.2) is 0 Å². The van der Waals surface area contributed by atoms with Crippen LogP contribution in [0.4, 0.5) is 0 Å². The summed E-state index contributed by atoms with van der Waals surface area (Å²) in [5.74, 6) is 0. The molecule has 3 heteroatoms. The molecule has 1 aromatic heterocycles. The lowest BCUT2D eigenvalue weighted by molar-refractivity contribution is 0.480. The number of aryl methyl sites for hydroxylation is 1. The second-order valence-electron chi connectivity index (χ2n) is 4.85. The Labute approximate surface area is 119 Å². The zero-order chi connectivity index (χ0) is 13.5. The van der Waals surface area contributed by atoms with Crippen LogP contribution in [-0.4, -0.2) is 4.98 Å². The average molecular weight is 274 g/mol. The van der Waals surface area contributed by atoms with Crippen LogP contribution in [0.3, 0.4) is 0 Å². The smallest absolute Gasteiger partial charge is 0.107 e. The van der Waals surface area contributed by atoms with E-state index in [1.54, 1.807) is 11.3 Å². The topological polar surface area (TPSA) is 24.9 Å². The first-order chi connectivity index (χ1) is 9.29. The highest BCUT2D eigenvalue weighted by Gasteiger charge is 2.10. The molecule has 0 spiro atoms. The van der Waals surface area contributed by atoms with E-state index >= 15 is 0 Å². The van der Waals surface area contributed by atoms with Crippen LogP contribution in [0.1, 0.15) is 47.7 Å². The van der Waals surface area contributed by atoms with Gasteiger partial charge in [-0.2, -0.15) is 0 Å². The third kappa shape index (κ3) is 4.44. The molecule has 0 saturated carbocycles. The van der Waals surface area contributed by atoms with Gasteiger partial charge in [0.2, 0.25) is 0 Å². The van der Waals surface area contributed by atoms with Gasteiger partial charge >= 0.3 is 0 Å². The summed E-state index contributed by atoms with van der Waals surface area (Å²) < 4.78 is 0. The maximum atomic E-state index is 4.42. The molecule has 1 atom stereocenters. The summed E-state index contributed by atoms with van der Waals surface area (Å²) in [4.78, 5) is 5.70. The van der Waals surface area contributed by atoms with Gasteiger partial charge in [-0.25, -0.2) is 4.98 Å². The molecule has 19 heavy (non-hydrogen) atoms. The molecule has 2 aromatic rings. The Morgan fingerprint density at radius 3 is 2.68 bits per heavy atom. The maximum Gasteiger partial charge on any atom is 0.107 e. The molecule has 2 rings (SSSR count). The maximum absolute atomic E-state index is 4.42. The van der Waals surface area contributed by atoms with Gasteiger partial charge in [0.1, 0.15) is 5.01 Å². The minimum Gasteiger partial charge on any atom is -0.304 e. The zero-order valence-corrected chi connectivity index (χ0v) is 12.5. The monoisotopic (exact) mass is 274 g/mol. The Balaban J connectivity index is 1.97. The van der Waals surface area contributed by atoms with E-state index in [9.17, 15) is 0 Å². The van der Waals surface area contributed by atoms with Crippen molar-refractivity contribution in [1.82, 2.24) is 10.3 Å². The molecule has 102 valence electrons. The number of aromatic nitrogens is 1. The van der Waals surface area contributed by atoms with Crippen molar-refractivity contribution >= 4 is 11.3 Å². The number of nitrogens with zero attached hydrogens (tertiary/aromatic N) is 1. The third-order valence-electron chi connectivity index (χ3n) is 3.22. The van der Waals surface area contributed by atoms with E-state index in [0.717, 1.165) is 6.54 Å². The molecule has 0 aliphatic carbocycles. The predicted octanol–water partition coefficient (Wildman–Crippen LogP) is 4.47. The molecule has 0 fully saturated rings. The Morgan fingerprint density at radius 1 is 1.26 bits per heavy atom. The van der Waals surface area contributed by atoms with Crippen molar-refractivity contribution in [3.05, 3.63) is 52.0 Å². The normalized spacial score (nSPS) is 12.5. The van der Waals surface area contributed by atoms with E-state index in [-0.39, 0.29) is 0 Å². The quantitative estimate of drug-likeness (QED) is 0.805. The highest BCUT2D eigenvalue weighted by atomic mass is 32.1. The van der Waals surface area contributed by atoms with E-state index in [2.05, 4.69) is 54.5 Å². The Morgan fingerprint density at radius 2 is 2.05 bits per heavy atom. The molecule has 0 aliphatic heterocycles. The van der Waals surface area contributed by atoms with Crippen LogP contribution in [-0.2, 0) is 6.54 Å². The summed E-state index contributed by atoms with van der Waals surface area (Å²) >= 11 is 1.78. The summed E-state index contributed by atoms with van der Waals surface area (Å²) in [7, 11) is 0. The minimum atomic E-state index is 0.436. The number of hydrogen-bond acceptors (Lipinski definition) is 3. The Hall–Kier alpha value is -1.19. The first kappa shape index (κ1) is 14.2. The number of benzene rings is 1. The van der Waals surface area contributed by atoms with Crippen molar-refractivity contribution in [3.63, 3.8) is 0 Å².